The zero-order chi connectivity index (χ0) is 13.4. The van der Waals surface area contributed by atoms with E-state index in [1.807, 2.05) is 0 Å². The molecule has 0 aliphatic rings. The van der Waals surface area contributed by atoms with Crippen LogP contribution in [0.2, 0.25) is 0 Å². The molecule has 2 N–H and O–H groups in total. The summed E-state index contributed by atoms with van der Waals surface area (Å²) in [6, 6.07) is 1.69. The lowest BCUT2D eigenvalue weighted by molar-refractivity contribution is -0.120. The first-order valence-electron chi connectivity index (χ1n) is 5.98. The predicted octanol–water partition coefficient (Wildman–Crippen LogP) is 1.06. The van der Waals surface area contributed by atoms with Crippen LogP contribution < -0.4 is 15.4 Å². The van der Waals surface area contributed by atoms with Crippen LogP contribution in [-0.4, -0.2) is 36.1 Å². The minimum absolute atomic E-state index is 0.0391. The van der Waals surface area contributed by atoms with E-state index in [0.717, 1.165) is 0 Å². The quantitative estimate of drug-likeness (QED) is 0.759. The van der Waals surface area contributed by atoms with Crippen molar-refractivity contribution in [1.29, 1.82) is 0 Å². The molecule has 0 radical (unpaired) electrons. The highest BCUT2D eigenvalue weighted by Gasteiger charge is 2.03. The molecule has 0 saturated heterocycles. The second-order valence-electron chi connectivity index (χ2n) is 4.32. The molecule has 100 valence electrons. The summed E-state index contributed by atoms with van der Waals surface area (Å²) < 4.78 is 4.98. The van der Waals surface area contributed by atoms with Gasteiger partial charge in [-0.3, -0.25) is 4.79 Å². The molecule has 0 atom stereocenters. The van der Waals surface area contributed by atoms with Gasteiger partial charge in [-0.15, -0.1) is 0 Å². The van der Waals surface area contributed by atoms with Crippen LogP contribution in [0.25, 0.3) is 0 Å². The van der Waals surface area contributed by atoms with Gasteiger partial charge in [0.2, 0.25) is 11.8 Å². The van der Waals surface area contributed by atoms with Gasteiger partial charge in [-0.2, -0.15) is 0 Å². The van der Waals surface area contributed by atoms with Crippen LogP contribution in [0, 0.1) is 5.92 Å². The number of hydrogen-bond donors (Lipinski definition) is 2. The van der Waals surface area contributed by atoms with Crippen LogP contribution in [0.5, 0.6) is 5.88 Å². The van der Waals surface area contributed by atoms with Gasteiger partial charge in [0, 0.05) is 25.6 Å². The lowest BCUT2D eigenvalue weighted by Gasteiger charge is -2.08. The summed E-state index contributed by atoms with van der Waals surface area (Å²) in [6.07, 6.45) is 1.83. The lowest BCUT2D eigenvalue weighted by atomic mass is 10.2. The van der Waals surface area contributed by atoms with E-state index in [0.29, 0.717) is 37.1 Å². The Morgan fingerprint density at radius 3 is 2.89 bits per heavy atom. The number of methoxy groups -OCH3 is 1. The van der Waals surface area contributed by atoms with E-state index in [1.54, 1.807) is 13.2 Å². The molecule has 1 aromatic heterocycles. The van der Waals surface area contributed by atoms with Crippen molar-refractivity contribution in [3.63, 3.8) is 0 Å². The SMILES string of the molecule is COc1cc(NCCC(=O)NCC(C)C)ncn1. The fourth-order valence-corrected chi connectivity index (χ4v) is 1.26. The maximum atomic E-state index is 11.5. The molecule has 0 spiro atoms. The molecule has 0 saturated carbocycles. The normalized spacial score (nSPS) is 10.2. The summed E-state index contributed by atoms with van der Waals surface area (Å²) >= 11 is 0. The van der Waals surface area contributed by atoms with Crippen LogP contribution in [0.1, 0.15) is 20.3 Å². The lowest BCUT2D eigenvalue weighted by Crippen LogP contribution is -2.28. The number of amides is 1. The molecule has 1 amide bonds. The van der Waals surface area contributed by atoms with Gasteiger partial charge in [-0.1, -0.05) is 13.8 Å². The molecule has 0 aromatic carbocycles. The Morgan fingerprint density at radius 1 is 1.44 bits per heavy atom. The molecule has 6 nitrogen and oxygen atoms in total. The minimum Gasteiger partial charge on any atom is -0.481 e. The third-order valence-corrected chi connectivity index (χ3v) is 2.22. The molecular formula is C12H20N4O2. The first-order valence-corrected chi connectivity index (χ1v) is 5.98. The highest BCUT2D eigenvalue weighted by atomic mass is 16.5. The van der Waals surface area contributed by atoms with E-state index >= 15 is 0 Å². The Bertz CT molecular complexity index is 382. The van der Waals surface area contributed by atoms with Crippen LogP contribution >= 0.6 is 0 Å². The van der Waals surface area contributed by atoms with Gasteiger partial charge < -0.3 is 15.4 Å². The number of anilines is 1. The topological polar surface area (TPSA) is 76.1 Å². The Hall–Kier alpha value is -1.85. The molecule has 0 unspecified atom stereocenters. The monoisotopic (exact) mass is 252 g/mol. The zero-order valence-electron chi connectivity index (χ0n) is 11.1. The van der Waals surface area contributed by atoms with Gasteiger partial charge >= 0.3 is 0 Å². The molecule has 0 aliphatic carbocycles. The Kier molecular flexibility index (Phi) is 5.90. The second-order valence-corrected chi connectivity index (χ2v) is 4.32. The summed E-state index contributed by atoms with van der Waals surface area (Å²) in [5.41, 5.74) is 0. The van der Waals surface area contributed by atoms with Crippen molar-refractivity contribution in [3.05, 3.63) is 12.4 Å². The van der Waals surface area contributed by atoms with E-state index in [1.165, 1.54) is 6.33 Å². The number of carbonyl (C=O) groups excluding carboxylic acids is 1. The van der Waals surface area contributed by atoms with Crippen molar-refractivity contribution in [2.24, 2.45) is 5.92 Å². The number of nitrogens with zero attached hydrogens (tertiary/aromatic N) is 2. The Labute approximate surface area is 107 Å². The summed E-state index contributed by atoms with van der Waals surface area (Å²) in [5.74, 6) is 1.65. The Morgan fingerprint density at radius 2 is 2.22 bits per heavy atom. The fourth-order valence-electron chi connectivity index (χ4n) is 1.26. The molecule has 0 bridgehead atoms. The molecule has 1 aromatic rings. The summed E-state index contributed by atoms with van der Waals surface area (Å²) in [5, 5.41) is 5.90. The molecule has 1 rings (SSSR count). The van der Waals surface area contributed by atoms with Crippen LogP contribution in [0.3, 0.4) is 0 Å². The number of nitrogens with one attached hydrogen (secondary N) is 2. The van der Waals surface area contributed by atoms with E-state index in [-0.39, 0.29) is 5.91 Å². The molecule has 0 aliphatic heterocycles. The first-order chi connectivity index (χ1) is 8.61. The largest absolute Gasteiger partial charge is 0.481 e. The smallest absolute Gasteiger partial charge is 0.221 e. The fraction of sp³-hybridized carbons (Fsp3) is 0.583. The number of hydrogen-bond acceptors (Lipinski definition) is 5. The zero-order valence-corrected chi connectivity index (χ0v) is 11.1. The van der Waals surface area contributed by atoms with E-state index in [9.17, 15) is 4.79 Å². The van der Waals surface area contributed by atoms with Gasteiger partial charge in [0.25, 0.3) is 0 Å². The van der Waals surface area contributed by atoms with Crippen molar-refractivity contribution in [2.75, 3.05) is 25.5 Å². The predicted molar refractivity (Wildman–Crippen MR) is 69.5 cm³/mol. The highest BCUT2D eigenvalue weighted by molar-refractivity contribution is 5.76. The molecule has 1 heterocycles. The minimum atomic E-state index is 0.0391. The van der Waals surface area contributed by atoms with E-state index in [4.69, 9.17) is 4.74 Å². The average molecular weight is 252 g/mol. The van der Waals surface area contributed by atoms with Crippen molar-refractivity contribution in [2.45, 2.75) is 20.3 Å². The van der Waals surface area contributed by atoms with Crippen LogP contribution in [-0.2, 0) is 4.79 Å². The van der Waals surface area contributed by atoms with Crippen molar-refractivity contribution in [3.8, 4) is 5.88 Å². The number of aromatic nitrogens is 2. The number of ether oxygens (including phenoxy) is 1. The van der Waals surface area contributed by atoms with Crippen LogP contribution in [0.15, 0.2) is 12.4 Å². The Balaban J connectivity index is 2.26. The number of carbonyl (C=O) groups is 1. The van der Waals surface area contributed by atoms with Gasteiger partial charge in [-0.05, 0) is 5.92 Å². The second kappa shape index (κ2) is 7.47. The van der Waals surface area contributed by atoms with Gasteiger partial charge in [-0.25, -0.2) is 9.97 Å². The van der Waals surface area contributed by atoms with Crippen molar-refractivity contribution >= 4 is 11.7 Å². The van der Waals surface area contributed by atoms with Crippen molar-refractivity contribution in [1.82, 2.24) is 15.3 Å². The summed E-state index contributed by atoms with van der Waals surface area (Å²) in [7, 11) is 1.55. The molecule has 18 heavy (non-hydrogen) atoms. The molecular weight excluding hydrogens is 232 g/mol. The third kappa shape index (κ3) is 5.47. The maximum absolute atomic E-state index is 11.5. The molecule has 6 heteroatoms. The van der Waals surface area contributed by atoms with E-state index < -0.39 is 0 Å². The highest BCUT2D eigenvalue weighted by Crippen LogP contribution is 2.09. The summed E-state index contributed by atoms with van der Waals surface area (Å²) in [6.45, 7) is 5.36. The third-order valence-electron chi connectivity index (χ3n) is 2.22. The van der Waals surface area contributed by atoms with Gasteiger partial charge in [0.1, 0.15) is 12.1 Å². The van der Waals surface area contributed by atoms with Gasteiger partial charge in [0.05, 0.1) is 7.11 Å². The van der Waals surface area contributed by atoms with Gasteiger partial charge in [0.15, 0.2) is 0 Å². The molecule has 0 fully saturated rings. The maximum Gasteiger partial charge on any atom is 0.221 e. The van der Waals surface area contributed by atoms with E-state index in [2.05, 4.69) is 34.4 Å². The summed E-state index contributed by atoms with van der Waals surface area (Å²) in [4.78, 5) is 19.4. The standard InChI is InChI=1S/C12H20N4O2/c1-9(2)7-14-11(17)4-5-13-10-6-12(18-3)16-8-15-10/h6,8-9H,4-5,7H2,1-3H3,(H,14,17)(H,13,15,16). The first kappa shape index (κ1) is 14.2. The number of rotatable bonds is 7. The average Bonchev–Trinajstić information content (AvgIpc) is 2.36. The van der Waals surface area contributed by atoms with Crippen molar-refractivity contribution < 1.29 is 9.53 Å². The van der Waals surface area contributed by atoms with Crippen LogP contribution in [0.4, 0.5) is 5.82 Å².